The molecule has 1 amide bonds. The van der Waals surface area contributed by atoms with Crippen LogP contribution in [0.15, 0.2) is 66.0 Å². The van der Waals surface area contributed by atoms with Crippen LogP contribution in [0, 0.1) is 0 Å². The van der Waals surface area contributed by atoms with Crippen molar-refractivity contribution in [2.45, 2.75) is 31.8 Å². The first kappa shape index (κ1) is 18.5. The topological polar surface area (TPSA) is 34.0 Å². The third-order valence-electron chi connectivity index (χ3n) is 5.64. The summed E-state index contributed by atoms with van der Waals surface area (Å²) in [5, 5.41) is 7.10. The predicted molar refractivity (Wildman–Crippen MR) is 121 cm³/mol. The summed E-state index contributed by atoms with van der Waals surface area (Å²) in [4.78, 5) is 14.2. The largest absolute Gasteiger partial charge is 0.348 e. The van der Waals surface area contributed by atoms with Crippen LogP contribution in [0.5, 0.6) is 0 Å². The molecule has 1 atom stereocenters. The number of aromatic nitrogens is 1. The molecule has 0 saturated heterocycles. The molecule has 5 heteroatoms. The lowest BCUT2D eigenvalue weighted by Crippen LogP contribution is -2.33. The van der Waals surface area contributed by atoms with Crippen molar-refractivity contribution in [3.05, 3.63) is 82.2 Å². The van der Waals surface area contributed by atoms with Gasteiger partial charge in [0.1, 0.15) is 6.54 Å². The van der Waals surface area contributed by atoms with E-state index in [2.05, 4.69) is 51.7 Å². The normalized spacial score (nSPS) is 16.0. The first-order valence-electron chi connectivity index (χ1n) is 9.89. The Labute approximate surface area is 178 Å². The molecule has 1 N–H and O–H groups in total. The molecular formula is C24H21ClN2OS. The minimum Gasteiger partial charge on any atom is -0.348 e. The van der Waals surface area contributed by atoms with Crippen LogP contribution in [0.25, 0.3) is 21.5 Å². The highest BCUT2D eigenvalue weighted by molar-refractivity contribution is 7.13. The zero-order valence-electron chi connectivity index (χ0n) is 15.9. The molecule has 2 aromatic carbocycles. The summed E-state index contributed by atoms with van der Waals surface area (Å²) in [7, 11) is 0. The highest BCUT2D eigenvalue weighted by atomic mass is 35.5. The fourth-order valence-corrected chi connectivity index (χ4v) is 5.26. The summed E-state index contributed by atoms with van der Waals surface area (Å²) >= 11 is 7.88. The van der Waals surface area contributed by atoms with Crippen molar-refractivity contribution in [1.82, 2.24) is 9.88 Å². The highest BCUT2D eigenvalue weighted by Crippen LogP contribution is 2.33. The van der Waals surface area contributed by atoms with Gasteiger partial charge >= 0.3 is 0 Å². The lowest BCUT2D eigenvalue weighted by molar-refractivity contribution is -0.122. The summed E-state index contributed by atoms with van der Waals surface area (Å²) in [6.45, 7) is 0.289. The van der Waals surface area contributed by atoms with E-state index in [-0.39, 0.29) is 18.5 Å². The number of aryl methyl sites for hydroxylation is 1. The Morgan fingerprint density at radius 2 is 2.03 bits per heavy atom. The van der Waals surface area contributed by atoms with Crippen LogP contribution < -0.4 is 5.32 Å². The Bertz CT molecular complexity index is 1180. The monoisotopic (exact) mass is 420 g/mol. The third kappa shape index (κ3) is 3.59. The minimum absolute atomic E-state index is 0.0389. The SMILES string of the molecule is O=C(Cn1c(-c2cccs2)cc2cc(Cl)ccc21)N[C@@H]1CCCc2ccccc21. The number of nitrogens with one attached hydrogen (secondary N) is 1. The molecule has 2 aromatic heterocycles. The van der Waals surface area contributed by atoms with Crippen LogP contribution in [0.1, 0.15) is 30.0 Å². The van der Waals surface area contributed by atoms with Crippen molar-refractivity contribution in [2.75, 3.05) is 0 Å². The molecular weight excluding hydrogens is 400 g/mol. The molecule has 29 heavy (non-hydrogen) atoms. The van der Waals surface area contributed by atoms with E-state index in [0.29, 0.717) is 5.02 Å². The van der Waals surface area contributed by atoms with Crippen LogP contribution in [-0.4, -0.2) is 10.5 Å². The Hall–Kier alpha value is -2.56. The molecule has 5 rings (SSSR count). The fraction of sp³-hybridized carbons (Fsp3) is 0.208. The minimum atomic E-state index is 0.0389. The number of rotatable bonds is 4. The Balaban J connectivity index is 1.46. The molecule has 0 radical (unpaired) electrons. The van der Waals surface area contributed by atoms with Crippen molar-refractivity contribution in [2.24, 2.45) is 0 Å². The van der Waals surface area contributed by atoms with Crippen LogP contribution >= 0.6 is 22.9 Å². The number of carbonyl (C=O) groups excluding carboxylic acids is 1. The molecule has 0 fully saturated rings. The van der Waals surface area contributed by atoms with Gasteiger partial charge in [-0.15, -0.1) is 11.3 Å². The van der Waals surface area contributed by atoms with E-state index >= 15 is 0 Å². The lowest BCUT2D eigenvalue weighted by atomic mass is 9.88. The van der Waals surface area contributed by atoms with Gasteiger partial charge in [-0.25, -0.2) is 0 Å². The molecule has 0 spiro atoms. The van der Waals surface area contributed by atoms with Crippen LogP contribution in [0.4, 0.5) is 0 Å². The number of thiophene rings is 1. The number of hydrogen-bond donors (Lipinski definition) is 1. The molecule has 0 bridgehead atoms. The van der Waals surface area contributed by atoms with Gasteiger partial charge in [0, 0.05) is 15.9 Å². The smallest absolute Gasteiger partial charge is 0.240 e. The van der Waals surface area contributed by atoms with E-state index in [4.69, 9.17) is 11.6 Å². The van der Waals surface area contributed by atoms with E-state index in [1.807, 2.05) is 24.3 Å². The molecule has 1 aliphatic carbocycles. The Kier molecular flexibility index (Phi) is 4.90. The molecule has 3 nitrogen and oxygen atoms in total. The summed E-state index contributed by atoms with van der Waals surface area (Å²) in [6.07, 6.45) is 3.18. The van der Waals surface area contributed by atoms with Gasteiger partial charge in [-0.1, -0.05) is 41.9 Å². The molecule has 1 aliphatic rings. The van der Waals surface area contributed by atoms with E-state index in [1.54, 1.807) is 11.3 Å². The predicted octanol–water partition coefficient (Wildman–Crippen LogP) is 6.22. The maximum absolute atomic E-state index is 13.1. The molecule has 4 aromatic rings. The number of amides is 1. The quantitative estimate of drug-likeness (QED) is 0.418. The second kappa shape index (κ2) is 7.69. The summed E-state index contributed by atoms with van der Waals surface area (Å²) in [6, 6.07) is 20.6. The number of hydrogen-bond acceptors (Lipinski definition) is 2. The van der Waals surface area contributed by atoms with Crippen molar-refractivity contribution in [1.29, 1.82) is 0 Å². The maximum Gasteiger partial charge on any atom is 0.240 e. The highest BCUT2D eigenvalue weighted by Gasteiger charge is 2.22. The van der Waals surface area contributed by atoms with Crippen molar-refractivity contribution >= 4 is 39.7 Å². The summed E-state index contributed by atoms with van der Waals surface area (Å²) in [5.41, 5.74) is 4.69. The van der Waals surface area contributed by atoms with Crippen molar-refractivity contribution in [3.63, 3.8) is 0 Å². The van der Waals surface area contributed by atoms with Gasteiger partial charge in [-0.2, -0.15) is 0 Å². The van der Waals surface area contributed by atoms with Gasteiger partial charge in [-0.05, 0) is 66.1 Å². The van der Waals surface area contributed by atoms with Gasteiger partial charge in [0.25, 0.3) is 0 Å². The van der Waals surface area contributed by atoms with E-state index in [0.717, 1.165) is 40.7 Å². The van der Waals surface area contributed by atoms with Gasteiger partial charge in [0.15, 0.2) is 0 Å². The average molecular weight is 421 g/mol. The Morgan fingerprint density at radius 1 is 1.14 bits per heavy atom. The van der Waals surface area contributed by atoms with Gasteiger partial charge in [0.05, 0.1) is 16.6 Å². The maximum atomic E-state index is 13.1. The zero-order chi connectivity index (χ0) is 19.8. The van der Waals surface area contributed by atoms with Crippen LogP contribution in [-0.2, 0) is 17.8 Å². The summed E-state index contributed by atoms with van der Waals surface area (Å²) < 4.78 is 2.10. The lowest BCUT2D eigenvalue weighted by Gasteiger charge is -2.26. The van der Waals surface area contributed by atoms with Gasteiger partial charge in [-0.3, -0.25) is 4.79 Å². The number of nitrogens with zero attached hydrogens (tertiary/aromatic N) is 1. The van der Waals surface area contributed by atoms with Crippen LogP contribution in [0.2, 0.25) is 5.02 Å². The number of carbonyl (C=O) groups is 1. The molecule has 0 unspecified atom stereocenters. The number of benzene rings is 2. The molecule has 2 heterocycles. The van der Waals surface area contributed by atoms with Gasteiger partial charge in [0.2, 0.25) is 5.91 Å². The van der Waals surface area contributed by atoms with E-state index in [1.165, 1.54) is 11.1 Å². The molecule has 0 saturated carbocycles. The fourth-order valence-electron chi connectivity index (χ4n) is 4.33. The average Bonchev–Trinajstić information content (AvgIpc) is 3.36. The zero-order valence-corrected chi connectivity index (χ0v) is 17.5. The first-order valence-corrected chi connectivity index (χ1v) is 11.1. The second-order valence-corrected chi connectivity index (χ2v) is 8.89. The van der Waals surface area contributed by atoms with Gasteiger partial charge < -0.3 is 9.88 Å². The number of halogens is 1. The third-order valence-corrected chi connectivity index (χ3v) is 6.77. The van der Waals surface area contributed by atoms with Crippen molar-refractivity contribution < 1.29 is 4.79 Å². The summed E-state index contributed by atoms with van der Waals surface area (Å²) in [5.74, 6) is 0.0389. The standard InChI is InChI=1S/C24H21ClN2OS/c25-18-10-11-21-17(13-18)14-22(23-9-4-12-29-23)27(21)15-24(28)26-20-8-3-6-16-5-1-2-7-19(16)20/h1-2,4-5,7,9-14,20H,3,6,8,15H2,(H,26,28)/t20-/m1/s1. The van der Waals surface area contributed by atoms with Crippen molar-refractivity contribution in [3.8, 4) is 10.6 Å². The second-order valence-electron chi connectivity index (χ2n) is 7.51. The molecule has 146 valence electrons. The Morgan fingerprint density at radius 3 is 2.90 bits per heavy atom. The van der Waals surface area contributed by atoms with Crippen LogP contribution in [0.3, 0.4) is 0 Å². The first-order chi connectivity index (χ1) is 14.2. The molecule has 0 aliphatic heterocycles. The van der Waals surface area contributed by atoms with E-state index < -0.39 is 0 Å². The van der Waals surface area contributed by atoms with E-state index in [9.17, 15) is 4.79 Å². The number of fused-ring (bicyclic) bond motifs is 2.